The Hall–Kier alpha value is -2.87. The molecule has 1 aromatic heterocycles. The maximum Gasteiger partial charge on any atom is 0.232 e. The zero-order chi connectivity index (χ0) is 14.5. The number of pyridine rings is 1. The fraction of sp³-hybridized carbons (Fsp3) is 0.133. The average molecular weight is 267 g/mol. The molecule has 0 atom stereocenters. The van der Waals surface area contributed by atoms with Crippen LogP contribution in [-0.4, -0.2) is 18.0 Å². The van der Waals surface area contributed by atoms with Crippen LogP contribution in [0.25, 0.3) is 11.1 Å². The van der Waals surface area contributed by atoms with E-state index in [-0.39, 0.29) is 11.8 Å². The maximum absolute atomic E-state index is 11.1. The molecule has 2 aromatic rings. The summed E-state index contributed by atoms with van der Waals surface area (Å²) >= 11 is 0. The minimum absolute atomic E-state index is 0.144. The fourth-order valence-electron chi connectivity index (χ4n) is 1.91. The van der Waals surface area contributed by atoms with Crippen molar-refractivity contribution in [1.82, 2.24) is 4.98 Å². The summed E-state index contributed by atoms with van der Waals surface area (Å²) in [7, 11) is 1.47. The molecule has 1 amide bonds. The number of carbonyl (C=O) groups is 1. The van der Waals surface area contributed by atoms with E-state index in [0.29, 0.717) is 16.8 Å². The first kappa shape index (κ1) is 13.6. The number of methoxy groups -OCH3 is 1. The van der Waals surface area contributed by atoms with Crippen molar-refractivity contribution in [2.24, 2.45) is 0 Å². The molecular formula is C15H13N3O2. The van der Waals surface area contributed by atoms with Gasteiger partial charge in [0.1, 0.15) is 11.6 Å². The van der Waals surface area contributed by atoms with Gasteiger partial charge in [0, 0.05) is 24.4 Å². The number of amides is 1. The normalized spacial score (nSPS) is 9.65. The van der Waals surface area contributed by atoms with Gasteiger partial charge in [0.15, 0.2) is 0 Å². The second kappa shape index (κ2) is 5.85. The van der Waals surface area contributed by atoms with Crippen molar-refractivity contribution in [3.05, 3.63) is 42.1 Å². The largest absolute Gasteiger partial charge is 0.480 e. The molecule has 20 heavy (non-hydrogen) atoms. The number of aromatic nitrogens is 1. The topological polar surface area (TPSA) is 75.0 Å². The van der Waals surface area contributed by atoms with Crippen LogP contribution in [0.2, 0.25) is 0 Å². The number of anilines is 1. The van der Waals surface area contributed by atoms with Crippen molar-refractivity contribution in [2.75, 3.05) is 12.4 Å². The molecular weight excluding hydrogens is 254 g/mol. The Morgan fingerprint density at radius 1 is 1.40 bits per heavy atom. The van der Waals surface area contributed by atoms with Gasteiger partial charge >= 0.3 is 0 Å². The third-order valence-electron chi connectivity index (χ3n) is 2.72. The van der Waals surface area contributed by atoms with Gasteiger partial charge in [-0.15, -0.1) is 0 Å². The molecule has 0 bridgehead atoms. The first-order valence-corrected chi connectivity index (χ1v) is 5.97. The molecule has 5 nitrogen and oxygen atoms in total. The van der Waals surface area contributed by atoms with Crippen molar-refractivity contribution < 1.29 is 9.53 Å². The Morgan fingerprint density at radius 3 is 2.85 bits per heavy atom. The van der Waals surface area contributed by atoms with E-state index in [2.05, 4.69) is 16.4 Å². The van der Waals surface area contributed by atoms with E-state index in [0.717, 1.165) is 5.56 Å². The van der Waals surface area contributed by atoms with Crippen LogP contribution in [-0.2, 0) is 4.79 Å². The summed E-state index contributed by atoms with van der Waals surface area (Å²) in [5, 5.41) is 12.0. The number of benzene rings is 1. The highest BCUT2D eigenvalue weighted by molar-refractivity contribution is 5.89. The van der Waals surface area contributed by atoms with Crippen LogP contribution in [0.5, 0.6) is 5.88 Å². The molecule has 0 aliphatic carbocycles. The van der Waals surface area contributed by atoms with E-state index < -0.39 is 0 Å². The molecule has 2 rings (SSSR count). The highest BCUT2D eigenvalue weighted by Crippen LogP contribution is 2.29. The Labute approximate surface area is 116 Å². The van der Waals surface area contributed by atoms with Crippen molar-refractivity contribution in [2.45, 2.75) is 6.92 Å². The first-order chi connectivity index (χ1) is 9.65. The summed E-state index contributed by atoms with van der Waals surface area (Å²) < 4.78 is 5.09. The summed E-state index contributed by atoms with van der Waals surface area (Å²) in [5.74, 6) is 0.143. The van der Waals surface area contributed by atoms with Crippen LogP contribution in [0.15, 0.2) is 36.5 Å². The number of nitrogens with one attached hydrogen (secondary N) is 1. The lowest BCUT2D eigenvalue weighted by molar-refractivity contribution is -0.114. The zero-order valence-electron chi connectivity index (χ0n) is 11.2. The van der Waals surface area contributed by atoms with Crippen LogP contribution >= 0.6 is 0 Å². The van der Waals surface area contributed by atoms with Gasteiger partial charge in [-0.3, -0.25) is 4.79 Å². The molecule has 0 aliphatic heterocycles. The predicted octanol–water partition coefficient (Wildman–Crippen LogP) is 2.59. The van der Waals surface area contributed by atoms with Gasteiger partial charge in [0.2, 0.25) is 11.8 Å². The molecule has 100 valence electrons. The molecule has 0 fully saturated rings. The highest BCUT2D eigenvalue weighted by Gasteiger charge is 2.12. The van der Waals surface area contributed by atoms with Gasteiger partial charge in [-0.05, 0) is 23.8 Å². The standard InChI is InChI=1S/C15H13N3O2/c1-10(19)18-12-5-3-4-11(8-12)13-6-7-17-15(20-2)14(13)9-16/h3-8H,1-2H3,(H,18,19). The monoisotopic (exact) mass is 267 g/mol. The van der Waals surface area contributed by atoms with E-state index in [4.69, 9.17) is 4.74 Å². The summed E-state index contributed by atoms with van der Waals surface area (Å²) in [6.07, 6.45) is 1.58. The third-order valence-corrected chi connectivity index (χ3v) is 2.72. The van der Waals surface area contributed by atoms with Crippen molar-refractivity contribution >= 4 is 11.6 Å². The zero-order valence-corrected chi connectivity index (χ0v) is 11.2. The second-order valence-electron chi connectivity index (χ2n) is 4.12. The minimum Gasteiger partial charge on any atom is -0.480 e. The molecule has 1 aromatic carbocycles. The Morgan fingerprint density at radius 2 is 2.20 bits per heavy atom. The lowest BCUT2D eigenvalue weighted by atomic mass is 10.0. The molecule has 0 saturated heterocycles. The Kier molecular flexibility index (Phi) is 3.96. The maximum atomic E-state index is 11.1. The van der Waals surface area contributed by atoms with E-state index in [1.165, 1.54) is 14.0 Å². The van der Waals surface area contributed by atoms with Crippen LogP contribution < -0.4 is 10.1 Å². The number of hydrogen-bond acceptors (Lipinski definition) is 4. The average Bonchev–Trinajstić information content (AvgIpc) is 2.45. The Bertz CT molecular complexity index is 690. The quantitative estimate of drug-likeness (QED) is 0.927. The number of hydrogen-bond donors (Lipinski definition) is 1. The van der Waals surface area contributed by atoms with Crippen LogP contribution in [0.3, 0.4) is 0 Å². The van der Waals surface area contributed by atoms with Crippen molar-refractivity contribution in [3.8, 4) is 23.1 Å². The third kappa shape index (κ3) is 2.75. The summed E-state index contributed by atoms with van der Waals surface area (Å²) in [5.41, 5.74) is 2.57. The first-order valence-electron chi connectivity index (χ1n) is 5.97. The molecule has 1 N–H and O–H groups in total. The van der Waals surface area contributed by atoms with Crippen LogP contribution in [0.4, 0.5) is 5.69 Å². The highest BCUT2D eigenvalue weighted by atomic mass is 16.5. The number of carbonyl (C=O) groups excluding carboxylic acids is 1. The molecule has 0 radical (unpaired) electrons. The molecule has 1 heterocycles. The van der Waals surface area contributed by atoms with Gasteiger partial charge < -0.3 is 10.1 Å². The van der Waals surface area contributed by atoms with E-state index in [9.17, 15) is 10.1 Å². The molecule has 0 spiro atoms. The molecule has 0 unspecified atom stereocenters. The summed E-state index contributed by atoms with van der Waals surface area (Å²) in [4.78, 5) is 15.1. The van der Waals surface area contributed by atoms with Crippen molar-refractivity contribution in [1.29, 1.82) is 5.26 Å². The van der Waals surface area contributed by atoms with Crippen molar-refractivity contribution in [3.63, 3.8) is 0 Å². The number of nitriles is 1. The van der Waals surface area contributed by atoms with Crippen LogP contribution in [0, 0.1) is 11.3 Å². The SMILES string of the molecule is COc1nccc(-c2cccc(NC(C)=O)c2)c1C#N. The van der Waals surface area contributed by atoms with E-state index in [1.807, 2.05) is 12.1 Å². The number of rotatable bonds is 3. The minimum atomic E-state index is -0.144. The van der Waals surface area contributed by atoms with Gasteiger partial charge in [-0.1, -0.05) is 12.1 Å². The van der Waals surface area contributed by atoms with E-state index >= 15 is 0 Å². The predicted molar refractivity (Wildman–Crippen MR) is 75.2 cm³/mol. The van der Waals surface area contributed by atoms with Gasteiger partial charge in [-0.25, -0.2) is 4.98 Å². The number of nitrogens with zero attached hydrogens (tertiary/aromatic N) is 2. The second-order valence-corrected chi connectivity index (χ2v) is 4.12. The molecule has 0 aliphatic rings. The molecule has 5 heteroatoms. The Balaban J connectivity index is 2.52. The molecule has 0 saturated carbocycles. The summed E-state index contributed by atoms with van der Waals surface area (Å²) in [6.45, 7) is 1.45. The smallest absolute Gasteiger partial charge is 0.232 e. The van der Waals surface area contributed by atoms with Gasteiger partial charge in [0.05, 0.1) is 7.11 Å². The van der Waals surface area contributed by atoms with Gasteiger partial charge in [-0.2, -0.15) is 5.26 Å². The number of ether oxygens (including phenoxy) is 1. The fourth-order valence-corrected chi connectivity index (χ4v) is 1.91. The van der Waals surface area contributed by atoms with Gasteiger partial charge in [0.25, 0.3) is 0 Å². The lowest BCUT2D eigenvalue weighted by Crippen LogP contribution is -2.05. The summed E-state index contributed by atoms with van der Waals surface area (Å²) in [6, 6.07) is 11.1. The van der Waals surface area contributed by atoms with Crippen LogP contribution in [0.1, 0.15) is 12.5 Å². The van der Waals surface area contributed by atoms with E-state index in [1.54, 1.807) is 24.4 Å². The lowest BCUT2D eigenvalue weighted by Gasteiger charge is -2.09.